The number of carbonyl (C=O) groups excluding carboxylic acids is 1. The van der Waals surface area contributed by atoms with Gasteiger partial charge in [-0.3, -0.25) is 4.79 Å². The van der Waals surface area contributed by atoms with Crippen LogP contribution in [0.15, 0.2) is 0 Å². The third kappa shape index (κ3) is 2.35. The number of rotatable bonds is 3. The van der Waals surface area contributed by atoms with Gasteiger partial charge in [-0.25, -0.2) is 0 Å². The largest absolute Gasteiger partial charge is 0.466 e. The minimum Gasteiger partial charge on any atom is -0.466 e. The van der Waals surface area contributed by atoms with E-state index in [2.05, 4.69) is 5.32 Å². The smallest absolute Gasteiger partial charge is 0.302 e. The van der Waals surface area contributed by atoms with Gasteiger partial charge in [0.1, 0.15) is 0 Å². The Morgan fingerprint density at radius 2 is 2.08 bits per heavy atom. The molecule has 1 saturated heterocycles. The number of ether oxygens (including phenoxy) is 1. The molecule has 0 aromatic rings. The van der Waals surface area contributed by atoms with Crippen LogP contribution < -0.4 is 5.32 Å². The molecule has 2 unspecified atom stereocenters. The molecular weight excluding hydrogens is 190 g/mol. The van der Waals surface area contributed by atoms with Crippen LogP contribution in [0.3, 0.4) is 0 Å². The lowest BCUT2D eigenvalue weighted by atomic mass is 10.2. The summed E-state index contributed by atoms with van der Waals surface area (Å²) in [6.07, 6.45) is 1.07. The maximum atomic E-state index is 10.5. The molecule has 1 saturated carbocycles. The molecule has 2 fully saturated rings. The molecule has 1 heterocycles. The minimum absolute atomic E-state index is 0. The van der Waals surface area contributed by atoms with E-state index < -0.39 is 0 Å². The zero-order valence-electron chi connectivity index (χ0n) is 7.79. The maximum Gasteiger partial charge on any atom is 0.302 e. The number of hydrogen-bond donors (Lipinski definition) is 1. The van der Waals surface area contributed by atoms with E-state index in [0.29, 0.717) is 6.61 Å². The molecule has 0 aromatic carbocycles. The predicted molar refractivity (Wildman–Crippen MR) is 51.8 cm³/mol. The fourth-order valence-corrected chi connectivity index (χ4v) is 2.31. The molecule has 2 aliphatic rings. The molecule has 0 amide bonds. The van der Waals surface area contributed by atoms with Crippen molar-refractivity contribution >= 4 is 18.4 Å². The van der Waals surface area contributed by atoms with Crippen LogP contribution in [0, 0.1) is 17.8 Å². The van der Waals surface area contributed by atoms with Crippen molar-refractivity contribution in [2.75, 3.05) is 19.7 Å². The van der Waals surface area contributed by atoms with Crippen molar-refractivity contribution in [2.24, 2.45) is 17.8 Å². The van der Waals surface area contributed by atoms with E-state index in [-0.39, 0.29) is 18.4 Å². The number of esters is 1. The summed E-state index contributed by atoms with van der Waals surface area (Å²) in [5, 5.41) is 3.34. The Hall–Kier alpha value is -0.280. The van der Waals surface area contributed by atoms with Crippen LogP contribution in [-0.2, 0) is 9.53 Å². The van der Waals surface area contributed by atoms with Gasteiger partial charge in [-0.2, -0.15) is 0 Å². The van der Waals surface area contributed by atoms with Crippen molar-refractivity contribution in [1.29, 1.82) is 0 Å². The van der Waals surface area contributed by atoms with Gasteiger partial charge in [-0.15, -0.1) is 12.4 Å². The van der Waals surface area contributed by atoms with Gasteiger partial charge < -0.3 is 10.1 Å². The second-order valence-electron chi connectivity index (χ2n) is 3.78. The summed E-state index contributed by atoms with van der Waals surface area (Å²) < 4.78 is 4.90. The van der Waals surface area contributed by atoms with Gasteiger partial charge in [0.25, 0.3) is 0 Å². The SMILES string of the molecule is CC(=O)OCCC1C2CNCC12.Cl. The lowest BCUT2D eigenvalue weighted by Gasteiger charge is -2.03. The molecule has 1 N–H and O–H groups in total. The number of nitrogens with one attached hydrogen (secondary N) is 1. The summed E-state index contributed by atoms with van der Waals surface area (Å²) >= 11 is 0. The first-order valence-electron chi connectivity index (χ1n) is 4.63. The third-order valence-corrected chi connectivity index (χ3v) is 3.03. The normalized spacial score (nSPS) is 34.7. The lowest BCUT2D eigenvalue weighted by molar-refractivity contribution is -0.141. The summed E-state index contributed by atoms with van der Waals surface area (Å²) in [4.78, 5) is 10.5. The standard InChI is InChI=1S/C9H15NO2.ClH/c1-6(11)12-3-2-7-8-4-10-5-9(7)8;/h7-10H,2-5H2,1H3;1H. The Morgan fingerprint density at radius 3 is 2.62 bits per heavy atom. The quantitative estimate of drug-likeness (QED) is 0.694. The Labute approximate surface area is 84.6 Å². The van der Waals surface area contributed by atoms with E-state index in [1.165, 1.54) is 20.0 Å². The van der Waals surface area contributed by atoms with Gasteiger partial charge in [0.05, 0.1) is 6.61 Å². The van der Waals surface area contributed by atoms with Crippen molar-refractivity contribution in [1.82, 2.24) is 5.32 Å². The predicted octanol–water partition coefficient (Wildman–Crippen LogP) is 0.827. The average molecular weight is 206 g/mol. The summed E-state index contributed by atoms with van der Waals surface area (Å²) in [5.41, 5.74) is 0. The highest BCUT2D eigenvalue weighted by molar-refractivity contribution is 5.85. The van der Waals surface area contributed by atoms with Gasteiger partial charge in [-0.05, 0) is 37.3 Å². The molecule has 4 heteroatoms. The number of fused-ring (bicyclic) bond motifs is 1. The highest BCUT2D eigenvalue weighted by Crippen LogP contribution is 2.50. The van der Waals surface area contributed by atoms with Gasteiger partial charge >= 0.3 is 5.97 Å². The molecule has 2 rings (SSSR count). The van der Waals surface area contributed by atoms with E-state index in [9.17, 15) is 4.79 Å². The van der Waals surface area contributed by atoms with E-state index in [1.807, 2.05) is 0 Å². The number of hydrogen-bond acceptors (Lipinski definition) is 3. The maximum absolute atomic E-state index is 10.5. The highest BCUT2D eigenvalue weighted by atomic mass is 35.5. The van der Waals surface area contributed by atoms with Crippen molar-refractivity contribution in [3.8, 4) is 0 Å². The molecule has 0 spiro atoms. The second-order valence-corrected chi connectivity index (χ2v) is 3.78. The van der Waals surface area contributed by atoms with Crippen molar-refractivity contribution in [3.05, 3.63) is 0 Å². The van der Waals surface area contributed by atoms with Gasteiger partial charge in [0.15, 0.2) is 0 Å². The number of piperidine rings is 1. The van der Waals surface area contributed by atoms with Crippen LogP contribution in [0.5, 0.6) is 0 Å². The minimum atomic E-state index is -0.154. The van der Waals surface area contributed by atoms with E-state index in [0.717, 1.165) is 24.2 Å². The van der Waals surface area contributed by atoms with Crippen LogP contribution in [0.2, 0.25) is 0 Å². The van der Waals surface area contributed by atoms with Crippen LogP contribution in [0.4, 0.5) is 0 Å². The fourth-order valence-electron chi connectivity index (χ4n) is 2.31. The Kier molecular flexibility index (Phi) is 3.56. The molecule has 3 nitrogen and oxygen atoms in total. The van der Waals surface area contributed by atoms with Gasteiger partial charge in [0, 0.05) is 6.92 Å². The van der Waals surface area contributed by atoms with E-state index >= 15 is 0 Å². The van der Waals surface area contributed by atoms with Crippen LogP contribution >= 0.6 is 12.4 Å². The third-order valence-electron chi connectivity index (χ3n) is 3.03. The Balaban J connectivity index is 0.000000845. The summed E-state index contributed by atoms with van der Waals surface area (Å²) in [5.74, 6) is 2.46. The summed E-state index contributed by atoms with van der Waals surface area (Å²) in [6, 6.07) is 0. The topological polar surface area (TPSA) is 38.3 Å². The van der Waals surface area contributed by atoms with Crippen LogP contribution in [0.1, 0.15) is 13.3 Å². The van der Waals surface area contributed by atoms with Crippen LogP contribution in [0.25, 0.3) is 0 Å². The Bertz CT molecular complexity index is 188. The summed E-state index contributed by atoms with van der Waals surface area (Å²) in [6.45, 7) is 4.44. The average Bonchev–Trinajstić information content (AvgIpc) is 2.49. The van der Waals surface area contributed by atoms with Crippen molar-refractivity contribution < 1.29 is 9.53 Å². The first kappa shape index (κ1) is 10.8. The zero-order valence-corrected chi connectivity index (χ0v) is 8.60. The molecule has 13 heavy (non-hydrogen) atoms. The summed E-state index contributed by atoms with van der Waals surface area (Å²) in [7, 11) is 0. The monoisotopic (exact) mass is 205 g/mol. The molecule has 1 aliphatic heterocycles. The first-order valence-corrected chi connectivity index (χ1v) is 4.63. The van der Waals surface area contributed by atoms with Crippen molar-refractivity contribution in [2.45, 2.75) is 13.3 Å². The molecule has 1 aliphatic carbocycles. The van der Waals surface area contributed by atoms with Gasteiger partial charge in [0.2, 0.25) is 0 Å². The fraction of sp³-hybridized carbons (Fsp3) is 0.889. The molecule has 2 atom stereocenters. The lowest BCUT2D eigenvalue weighted by Crippen LogP contribution is -2.15. The number of carbonyl (C=O) groups is 1. The zero-order chi connectivity index (χ0) is 8.55. The van der Waals surface area contributed by atoms with E-state index in [1.54, 1.807) is 0 Å². The van der Waals surface area contributed by atoms with Gasteiger partial charge in [-0.1, -0.05) is 0 Å². The highest BCUT2D eigenvalue weighted by Gasteiger charge is 2.51. The Morgan fingerprint density at radius 1 is 1.46 bits per heavy atom. The molecule has 0 radical (unpaired) electrons. The van der Waals surface area contributed by atoms with Crippen LogP contribution in [-0.4, -0.2) is 25.7 Å². The van der Waals surface area contributed by atoms with E-state index in [4.69, 9.17) is 4.74 Å². The van der Waals surface area contributed by atoms with Crippen molar-refractivity contribution in [3.63, 3.8) is 0 Å². The first-order chi connectivity index (χ1) is 5.79. The molecule has 76 valence electrons. The second kappa shape index (κ2) is 4.29. The molecule has 0 bridgehead atoms. The number of halogens is 1. The molecule has 0 aromatic heterocycles. The molecular formula is C9H16ClNO2.